The van der Waals surface area contributed by atoms with Crippen LogP contribution in [0.2, 0.25) is 0 Å². The van der Waals surface area contributed by atoms with Crippen LogP contribution < -0.4 is 15.8 Å². The van der Waals surface area contributed by atoms with Gasteiger partial charge in [0.05, 0.1) is 12.3 Å². The fraction of sp³-hybridized carbons (Fsp3) is 0.471. The van der Waals surface area contributed by atoms with Gasteiger partial charge < -0.3 is 20.7 Å². The fourth-order valence-electron chi connectivity index (χ4n) is 2.29. The Morgan fingerprint density at radius 1 is 1.41 bits per heavy atom. The largest absolute Gasteiger partial charge is 0.491 e. The molecule has 0 unspecified atom stereocenters. The lowest BCUT2D eigenvalue weighted by Crippen LogP contribution is -2.45. The zero-order valence-electron chi connectivity index (χ0n) is 13.2. The van der Waals surface area contributed by atoms with Crippen molar-refractivity contribution in [2.24, 2.45) is 0 Å². The Labute approximate surface area is 132 Å². The Morgan fingerprint density at radius 3 is 2.86 bits per heavy atom. The molecule has 0 saturated carbocycles. The molecule has 1 aliphatic rings. The van der Waals surface area contributed by atoms with Crippen molar-refractivity contribution in [3.8, 4) is 5.75 Å². The predicted octanol–water partition coefficient (Wildman–Crippen LogP) is 1.89. The Kier molecular flexibility index (Phi) is 6.27. The van der Waals surface area contributed by atoms with Crippen molar-refractivity contribution in [3.05, 3.63) is 29.8 Å². The quantitative estimate of drug-likeness (QED) is 0.478. The molecule has 1 aromatic rings. The molecule has 5 nitrogen and oxygen atoms in total. The maximum Gasteiger partial charge on any atom is 0.246 e. The molecule has 1 fully saturated rings. The van der Waals surface area contributed by atoms with Crippen LogP contribution in [0.1, 0.15) is 25.3 Å². The van der Waals surface area contributed by atoms with Gasteiger partial charge in [0.25, 0.3) is 0 Å². The molecule has 1 heterocycles. The molecule has 5 heteroatoms. The van der Waals surface area contributed by atoms with Gasteiger partial charge in [-0.15, -0.1) is 0 Å². The zero-order chi connectivity index (χ0) is 15.8. The number of anilines is 1. The molecule has 3 N–H and O–H groups in total. The van der Waals surface area contributed by atoms with E-state index >= 15 is 0 Å². The van der Waals surface area contributed by atoms with E-state index < -0.39 is 0 Å². The normalized spacial score (nSPS) is 15.2. The first-order chi connectivity index (χ1) is 10.7. The third-order valence-corrected chi connectivity index (χ3v) is 3.64. The van der Waals surface area contributed by atoms with Crippen LogP contribution >= 0.6 is 0 Å². The van der Waals surface area contributed by atoms with Gasteiger partial charge in [0.1, 0.15) is 5.75 Å². The van der Waals surface area contributed by atoms with E-state index in [0.717, 1.165) is 44.6 Å². The number of nitrogens with zero attached hydrogens (tertiary/aromatic N) is 1. The third kappa shape index (κ3) is 4.77. The van der Waals surface area contributed by atoms with Crippen molar-refractivity contribution < 1.29 is 9.53 Å². The number of hydrogen-bond acceptors (Lipinski definition) is 4. The van der Waals surface area contributed by atoms with Crippen molar-refractivity contribution in [1.29, 1.82) is 0 Å². The summed E-state index contributed by atoms with van der Waals surface area (Å²) in [4.78, 5) is 13.9. The minimum atomic E-state index is 0.0448. The molecule has 0 atom stereocenters. The summed E-state index contributed by atoms with van der Waals surface area (Å²) < 4.78 is 5.62. The number of piperazine rings is 1. The average molecular weight is 303 g/mol. The Morgan fingerprint density at radius 2 is 2.18 bits per heavy atom. The number of carbonyl (C=O) groups is 1. The molecular formula is C17H25N3O2. The van der Waals surface area contributed by atoms with Gasteiger partial charge in [-0.3, -0.25) is 4.79 Å². The summed E-state index contributed by atoms with van der Waals surface area (Å²) in [5.41, 5.74) is 7.50. The van der Waals surface area contributed by atoms with E-state index in [0.29, 0.717) is 18.0 Å². The fourth-order valence-corrected chi connectivity index (χ4v) is 2.29. The maximum absolute atomic E-state index is 12.1. The molecular weight excluding hydrogens is 278 g/mol. The number of nitrogens with one attached hydrogen (secondary N) is 1. The van der Waals surface area contributed by atoms with Crippen molar-refractivity contribution in [3.63, 3.8) is 0 Å². The molecule has 1 amide bonds. The number of amides is 1. The van der Waals surface area contributed by atoms with E-state index in [2.05, 4.69) is 12.2 Å². The summed E-state index contributed by atoms with van der Waals surface area (Å²) in [6, 6.07) is 5.61. The summed E-state index contributed by atoms with van der Waals surface area (Å²) in [6.45, 7) is 6.03. The van der Waals surface area contributed by atoms with Crippen LogP contribution in [0, 0.1) is 0 Å². The minimum absolute atomic E-state index is 0.0448. The lowest BCUT2D eigenvalue weighted by molar-refractivity contribution is -0.126. The number of benzene rings is 1. The number of hydrogen-bond donors (Lipinski definition) is 2. The van der Waals surface area contributed by atoms with Gasteiger partial charge in [-0.05, 0) is 30.2 Å². The smallest absolute Gasteiger partial charge is 0.246 e. The number of carbonyl (C=O) groups excluding carboxylic acids is 1. The van der Waals surface area contributed by atoms with Crippen LogP contribution in [0.5, 0.6) is 5.75 Å². The monoisotopic (exact) mass is 303 g/mol. The molecule has 2 rings (SSSR count). The lowest BCUT2D eigenvalue weighted by atomic mass is 10.1. The standard InChI is InChI=1S/C17H25N3O2/c1-2-3-12-22-16-6-4-14(13-15(16)18)5-7-17(21)20-10-8-19-9-11-20/h4-7,13,19H,2-3,8-12,18H2,1H3/b7-5-. The van der Waals surface area contributed by atoms with Crippen molar-refractivity contribution in [2.45, 2.75) is 19.8 Å². The number of nitrogen functional groups attached to an aromatic ring is 1. The van der Waals surface area contributed by atoms with Crippen LogP contribution in [0.25, 0.3) is 6.08 Å². The van der Waals surface area contributed by atoms with E-state index in [4.69, 9.17) is 10.5 Å². The Balaban J connectivity index is 1.93. The predicted molar refractivity (Wildman–Crippen MR) is 89.7 cm³/mol. The van der Waals surface area contributed by atoms with Gasteiger partial charge >= 0.3 is 0 Å². The highest BCUT2D eigenvalue weighted by Gasteiger charge is 2.13. The summed E-state index contributed by atoms with van der Waals surface area (Å²) >= 11 is 0. The Bertz CT molecular complexity index is 523. The number of ether oxygens (including phenoxy) is 1. The number of unbranched alkanes of at least 4 members (excludes halogenated alkanes) is 1. The molecule has 0 radical (unpaired) electrons. The minimum Gasteiger partial charge on any atom is -0.491 e. The first-order valence-corrected chi connectivity index (χ1v) is 7.90. The van der Waals surface area contributed by atoms with Gasteiger partial charge in [0, 0.05) is 32.3 Å². The second-order valence-electron chi connectivity index (χ2n) is 5.41. The molecule has 0 aromatic heterocycles. The van der Waals surface area contributed by atoms with E-state index in [9.17, 15) is 4.79 Å². The first-order valence-electron chi connectivity index (χ1n) is 7.90. The second-order valence-corrected chi connectivity index (χ2v) is 5.41. The van der Waals surface area contributed by atoms with Crippen LogP contribution in [-0.2, 0) is 4.79 Å². The summed E-state index contributed by atoms with van der Waals surface area (Å²) in [5.74, 6) is 0.752. The highest BCUT2D eigenvalue weighted by molar-refractivity contribution is 5.92. The summed E-state index contributed by atoms with van der Waals surface area (Å²) in [6.07, 6.45) is 5.52. The van der Waals surface area contributed by atoms with Gasteiger partial charge in [-0.1, -0.05) is 19.4 Å². The van der Waals surface area contributed by atoms with Crippen LogP contribution in [-0.4, -0.2) is 43.6 Å². The van der Waals surface area contributed by atoms with E-state index in [1.54, 1.807) is 12.2 Å². The maximum atomic E-state index is 12.1. The molecule has 0 bridgehead atoms. The van der Waals surface area contributed by atoms with Gasteiger partial charge in [0.2, 0.25) is 5.91 Å². The molecule has 0 aliphatic carbocycles. The van der Waals surface area contributed by atoms with E-state index in [1.165, 1.54) is 0 Å². The van der Waals surface area contributed by atoms with E-state index in [-0.39, 0.29) is 5.91 Å². The average Bonchev–Trinajstić information content (AvgIpc) is 2.55. The molecule has 22 heavy (non-hydrogen) atoms. The van der Waals surface area contributed by atoms with Crippen molar-refractivity contribution in [1.82, 2.24) is 10.2 Å². The van der Waals surface area contributed by atoms with Crippen LogP contribution in [0.15, 0.2) is 24.3 Å². The molecule has 1 aromatic carbocycles. The van der Waals surface area contributed by atoms with Crippen molar-refractivity contribution >= 4 is 17.7 Å². The van der Waals surface area contributed by atoms with Gasteiger partial charge in [-0.2, -0.15) is 0 Å². The summed E-state index contributed by atoms with van der Waals surface area (Å²) in [7, 11) is 0. The highest BCUT2D eigenvalue weighted by Crippen LogP contribution is 2.23. The molecule has 0 spiro atoms. The Hall–Kier alpha value is -2.01. The molecule has 1 saturated heterocycles. The van der Waals surface area contributed by atoms with E-state index in [1.807, 2.05) is 23.1 Å². The zero-order valence-corrected chi connectivity index (χ0v) is 13.2. The first kappa shape index (κ1) is 16.4. The summed E-state index contributed by atoms with van der Waals surface area (Å²) in [5, 5.41) is 3.23. The number of rotatable bonds is 6. The second kappa shape index (κ2) is 8.44. The molecule has 120 valence electrons. The number of nitrogens with two attached hydrogens (primary N) is 1. The third-order valence-electron chi connectivity index (χ3n) is 3.64. The van der Waals surface area contributed by atoms with Crippen LogP contribution in [0.4, 0.5) is 5.69 Å². The van der Waals surface area contributed by atoms with Crippen LogP contribution in [0.3, 0.4) is 0 Å². The topological polar surface area (TPSA) is 67.6 Å². The lowest BCUT2D eigenvalue weighted by Gasteiger charge is -2.26. The van der Waals surface area contributed by atoms with Gasteiger partial charge in [-0.25, -0.2) is 0 Å². The highest BCUT2D eigenvalue weighted by atomic mass is 16.5. The van der Waals surface area contributed by atoms with Crippen molar-refractivity contribution in [2.75, 3.05) is 38.5 Å². The SMILES string of the molecule is CCCCOc1ccc(/C=C\C(=O)N2CCNCC2)cc1N. The van der Waals surface area contributed by atoms with Gasteiger partial charge in [0.15, 0.2) is 0 Å². The molecule has 1 aliphatic heterocycles.